The molecule has 0 spiro atoms. The lowest BCUT2D eigenvalue weighted by Crippen LogP contribution is -2.50. The summed E-state index contributed by atoms with van der Waals surface area (Å²) >= 11 is 0. The van der Waals surface area contributed by atoms with Crippen LogP contribution in [0.5, 0.6) is 0 Å². The number of carbonyl (C=O) groups excluding carboxylic acids is 1. The lowest BCUT2D eigenvalue weighted by atomic mass is 9.99. The minimum absolute atomic E-state index is 0.0181. The minimum atomic E-state index is -0.810. The Balaban J connectivity index is 2.73. The number of likely N-dealkylation sites (tertiary alicyclic amines) is 1. The highest BCUT2D eigenvalue weighted by Crippen LogP contribution is 2.26. The van der Waals surface area contributed by atoms with Crippen LogP contribution < -0.4 is 0 Å². The molecule has 0 aromatic rings. The van der Waals surface area contributed by atoms with E-state index in [2.05, 4.69) is 0 Å². The van der Waals surface area contributed by atoms with E-state index in [-0.39, 0.29) is 17.5 Å². The molecule has 1 N–H and O–H groups in total. The predicted octanol–water partition coefficient (Wildman–Crippen LogP) is 1.88. The Morgan fingerprint density at radius 2 is 1.94 bits per heavy atom. The van der Waals surface area contributed by atoms with Crippen LogP contribution in [0, 0.1) is 11.8 Å². The van der Waals surface area contributed by atoms with Gasteiger partial charge in [0.05, 0.1) is 5.92 Å². The molecule has 0 aliphatic carbocycles. The van der Waals surface area contributed by atoms with Gasteiger partial charge in [-0.3, -0.25) is 4.79 Å². The van der Waals surface area contributed by atoms with Crippen LogP contribution >= 0.6 is 0 Å². The van der Waals surface area contributed by atoms with Crippen LogP contribution in [0.2, 0.25) is 0 Å². The van der Waals surface area contributed by atoms with Crippen molar-refractivity contribution in [3.63, 3.8) is 0 Å². The number of hydrogen-bond donors (Lipinski definition) is 1. The van der Waals surface area contributed by atoms with Crippen molar-refractivity contribution in [2.75, 3.05) is 20.1 Å². The molecule has 1 aliphatic rings. The zero-order valence-corrected chi connectivity index (χ0v) is 11.9. The second kappa shape index (κ2) is 5.16. The number of carboxylic acids is 1. The van der Waals surface area contributed by atoms with E-state index in [1.54, 1.807) is 16.8 Å². The first kappa shape index (κ1) is 14.8. The van der Waals surface area contributed by atoms with Crippen LogP contribution in [-0.4, -0.2) is 52.6 Å². The van der Waals surface area contributed by atoms with Crippen molar-refractivity contribution in [3.05, 3.63) is 0 Å². The molecule has 0 radical (unpaired) electrons. The lowest BCUT2D eigenvalue weighted by molar-refractivity contribution is -0.142. The molecule has 2 amide bonds. The van der Waals surface area contributed by atoms with E-state index >= 15 is 0 Å². The van der Waals surface area contributed by atoms with Crippen LogP contribution in [0.3, 0.4) is 0 Å². The monoisotopic (exact) mass is 256 g/mol. The molecule has 5 nitrogen and oxygen atoms in total. The molecule has 0 bridgehead atoms. The Hall–Kier alpha value is -1.26. The molecule has 2 atom stereocenters. The molecule has 0 aromatic heterocycles. The average molecular weight is 256 g/mol. The average Bonchev–Trinajstić information content (AvgIpc) is 2.69. The first-order valence-corrected chi connectivity index (χ1v) is 6.46. The fourth-order valence-corrected chi connectivity index (χ4v) is 2.15. The highest BCUT2D eigenvalue weighted by Gasteiger charge is 2.39. The van der Waals surface area contributed by atoms with Gasteiger partial charge in [0.25, 0.3) is 0 Å². The standard InChI is InChI=1S/C13H24N2O3/c1-6-13(3,4)14(5)12(18)15-7-9(2)10(8-15)11(16)17/h9-10H,6-8H2,1-5H3,(H,16,17)/t9-,10-/m1/s1. The molecule has 0 aromatic carbocycles. The highest BCUT2D eigenvalue weighted by atomic mass is 16.4. The number of amides is 2. The Kier molecular flexibility index (Phi) is 4.24. The van der Waals surface area contributed by atoms with Crippen LogP contribution in [-0.2, 0) is 4.79 Å². The van der Waals surface area contributed by atoms with Crippen molar-refractivity contribution in [2.45, 2.75) is 39.7 Å². The van der Waals surface area contributed by atoms with Crippen molar-refractivity contribution in [2.24, 2.45) is 11.8 Å². The third-order valence-corrected chi connectivity index (χ3v) is 4.26. The number of rotatable bonds is 3. The molecule has 1 rings (SSSR count). The van der Waals surface area contributed by atoms with Gasteiger partial charge in [-0.1, -0.05) is 13.8 Å². The van der Waals surface area contributed by atoms with Crippen molar-refractivity contribution in [1.29, 1.82) is 0 Å². The number of hydrogen-bond acceptors (Lipinski definition) is 2. The highest BCUT2D eigenvalue weighted by molar-refractivity contribution is 5.78. The quantitative estimate of drug-likeness (QED) is 0.838. The van der Waals surface area contributed by atoms with Gasteiger partial charge in [0.2, 0.25) is 0 Å². The summed E-state index contributed by atoms with van der Waals surface area (Å²) in [5.41, 5.74) is -0.207. The maximum absolute atomic E-state index is 12.3. The fraction of sp³-hybridized carbons (Fsp3) is 0.846. The second-order valence-electron chi connectivity index (χ2n) is 5.83. The zero-order valence-electron chi connectivity index (χ0n) is 11.9. The third kappa shape index (κ3) is 2.76. The number of carbonyl (C=O) groups is 2. The molecule has 5 heteroatoms. The predicted molar refractivity (Wildman–Crippen MR) is 69.4 cm³/mol. The molecule has 1 aliphatic heterocycles. The fourth-order valence-electron chi connectivity index (χ4n) is 2.15. The Morgan fingerprint density at radius 1 is 1.39 bits per heavy atom. The second-order valence-corrected chi connectivity index (χ2v) is 5.83. The topological polar surface area (TPSA) is 60.9 Å². The molecule has 1 fully saturated rings. The normalized spacial score (nSPS) is 24.2. The summed E-state index contributed by atoms with van der Waals surface area (Å²) in [5, 5.41) is 9.08. The first-order chi connectivity index (χ1) is 8.20. The van der Waals surface area contributed by atoms with Crippen LogP contribution in [0.4, 0.5) is 4.79 Å². The molecule has 0 saturated carbocycles. The van der Waals surface area contributed by atoms with Crippen molar-refractivity contribution in [3.8, 4) is 0 Å². The van der Waals surface area contributed by atoms with Gasteiger partial charge >= 0.3 is 12.0 Å². The molecule has 1 saturated heterocycles. The van der Waals surface area contributed by atoms with E-state index in [0.29, 0.717) is 13.1 Å². The van der Waals surface area contributed by atoms with Gasteiger partial charge in [0.1, 0.15) is 0 Å². The van der Waals surface area contributed by atoms with E-state index in [0.717, 1.165) is 6.42 Å². The van der Waals surface area contributed by atoms with Crippen LogP contribution in [0.1, 0.15) is 34.1 Å². The number of carboxylic acid groups (broad SMARTS) is 1. The summed E-state index contributed by atoms with van der Waals surface area (Å²) in [4.78, 5) is 26.7. The van der Waals surface area contributed by atoms with Gasteiger partial charge in [0, 0.05) is 25.7 Å². The summed E-state index contributed by atoms with van der Waals surface area (Å²) < 4.78 is 0. The largest absolute Gasteiger partial charge is 0.481 e. The smallest absolute Gasteiger partial charge is 0.320 e. The summed E-state index contributed by atoms with van der Waals surface area (Å²) in [7, 11) is 1.78. The lowest BCUT2D eigenvalue weighted by Gasteiger charge is -2.37. The summed E-state index contributed by atoms with van der Waals surface area (Å²) in [6.07, 6.45) is 0.862. The Bertz CT molecular complexity index is 341. The molecular weight excluding hydrogens is 232 g/mol. The van der Waals surface area contributed by atoms with Gasteiger partial charge in [-0.15, -0.1) is 0 Å². The number of nitrogens with zero attached hydrogens (tertiary/aromatic N) is 2. The van der Waals surface area contributed by atoms with Crippen molar-refractivity contribution in [1.82, 2.24) is 9.80 Å². The van der Waals surface area contributed by atoms with Crippen LogP contribution in [0.15, 0.2) is 0 Å². The molecule has 18 heavy (non-hydrogen) atoms. The van der Waals surface area contributed by atoms with E-state index < -0.39 is 11.9 Å². The van der Waals surface area contributed by atoms with E-state index in [4.69, 9.17) is 5.11 Å². The van der Waals surface area contributed by atoms with Gasteiger partial charge in [-0.25, -0.2) is 4.79 Å². The zero-order chi connectivity index (χ0) is 14.1. The Labute approximate surface area is 109 Å². The van der Waals surface area contributed by atoms with Crippen LogP contribution in [0.25, 0.3) is 0 Å². The Morgan fingerprint density at radius 3 is 2.33 bits per heavy atom. The minimum Gasteiger partial charge on any atom is -0.481 e. The number of aliphatic carboxylic acids is 1. The van der Waals surface area contributed by atoms with Crippen molar-refractivity contribution >= 4 is 12.0 Å². The maximum atomic E-state index is 12.3. The maximum Gasteiger partial charge on any atom is 0.320 e. The van der Waals surface area contributed by atoms with Gasteiger partial charge in [-0.2, -0.15) is 0 Å². The third-order valence-electron chi connectivity index (χ3n) is 4.26. The summed E-state index contributed by atoms with van der Waals surface area (Å²) in [6.45, 7) is 8.80. The number of urea groups is 1. The summed E-state index contributed by atoms with van der Waals surface area (Å²) in [6, 6.07) is -0.0718. The van der Waals surface area contributed by atoms with Crippen molar-refractivity contribution < 1.29 is 14.7 Å². The van der Waals surface area contributed by atoms with E-state index in [1.807, 2.05) is 27.7 Å². The van der Waals surface area contributed by atoms with E-state index in [9.17, 15) is 9.59 Å². The molecule has 1 heterocycles. The molecular formula is C13H24N2O3. The summed E-state index contributed by atoms with van der Waals surface area (Å²) in [5.74, 6) is -1.23. The van der Waals surface area contributed by atoms with Gasteiger partial charge in [0.15, 0.2) is 0 Å². The van der Waals surface area contributed by atoms with Gasteiger partial charge < -0.3 is 14.9 Å². The molecule has 104 valence electrons. The van der Waals surface area contributed by atoms with E-state index in [1.165, 1.54) is 0 Å². The van der Waals surface area contributed by atoms with Gasteiger partial charge in [-0.05, 0) is 26.2 Å². The first-order valence-electron chi connectivity index (χ1n) is 6.46. The SMILES string of the molecule is CCC(C)(C)N(C)C(=O)N1C[C@@H](C)[C@H](C(=O)O)C1. The molecule has 0 unspecified atom stereocenters.